The fraction of sp³-hybridized carbons (Fsp3) is 0.154. The number of rotatable bonds is 3. The maximum Gasteiger partial charge on any atom is 0.219 e. The quantitative estimate of drug-likeness (QED) is 0.918. The average molecular weight is 283 g/mol. The van der Waals surface area contributed by atoms with Gasteiger partial charge >= 0.3 is 0 Å². The van der Waals surface area contributed by atoms with Crippen LogP contribution in [0.15, 0.2) is 36.5 Å². The fourth-order valence-electron chi connectivity index (χ4n) is 1.44. The van der Waals surface area contributed by atoms with E-state index in [9.17, 15) is 0 Å². The molecule has 94 valence electrons. The molecule has 0 spiro atoms. The van der Waals surface area contributed by atoms with Crippen molar-refractivity contribution in [1.29, 1.82) is 0 Å². The molecule has 0 fully saturated rings. The van der Waals surface area contributed by atoms with Crippen molar-refractivity contribution in [2.45, 2.75) is 13.0 Å². The maximum absolute atomic E-state index is 6.04. The summed E-state index contributed by atoms with van der Waals surface area (Å²) < 4.78 is 5.60. The zero-order valence-electron chi connectivity index (χ0n) is 9.73. The Balaban J connectivity index is 2.28. The second kappa shape index (κ2) is 5.57. The number of hydrogen-bond donors (Lipinski definition) is 1. The van der Waals surface area contributed by atoms with Crippen LogP contribution in [0.25, 0.3) is 0 Å². The second-order valence-electron chi connectivity index (χ2n) is 3.87. The largest absolute Gasteiger partial charge is 0.437 e. The molecule has 0 saturated carbocycles. The van der Waals surface area contributed by atoms with Crippen molar-refractivity contribution in [2.24, 2.45) is 5.73 Å². The van der Waals surface area contributed by atoms with E-state index < -0.39 is 0 Å². The molecule has 2 N–H and O–H groups in total. The Kier molecular flexibility index (Phi) is 4.07. The standard InChI is InChI=1S/C13H12Cl2N2O/c1-8(16)9-5-6-17-12(7-9)18-11-4-2-3-10(14)13(11)15/h2-8H,16H2,1H3. The van der Waals surface area contributed by atoms with E-state index in [2.05, 4.69) is 4.98 Å². The van der Waals surface area contributed by atoms with Crippen LogP contribution < -0.4 is 10.5 Å². The molecule has 0 amide bonds. The molecule has 1 unspecified atom stereocenters. The number of nitrogens with zero attached hydrogens (tertiary/aromatic N) is 1. The molecule has 5 heteroatoms. The van der Waals surface area contributed by atoms with Crippen molar-refractivity contribution in [3.63, 3.8) is 0 Å². The molecular formula is C13H12Cl2N2O. The molecular weight excluding hydrogens is 271 g/mol. The number of hydrogen-bond acceptors (Lipinski definition) is 3. The number of ether oxygens (including phenoxy) is 1. The summed E-state index contributed by atoms with van der Waals surface area (Å²) in [6, 6.07) is 8.74. The van der Waals surface area contributed by atoms with Crippen molar-refractivity contribution in [2.75, 3.05) is 0 Å². The third-order valence-electron chi connectivity index (χ3n) is 2.42. The van der Waals surface area contributed by atoms with E-state index in [1.165, 1.54) is 0 Å². The monoisotopic (exact) mass is 282 g/mol. The van der Waals surface area contributed by atoms with E-state index in [4.69, 9.17) is 33.7 Å². The van der Waals surface area contributed by atoms with Crippen LogP contribution in [0.5, 0.6) is 11.6 Å². The first-order valence-corrected chi connectivity index (χ1v) is 6.17. The normalized spacial score (nSPS) is 12.2. The minimum Gasteiger partial charge on any atom is -0.437 e. The van der Waals surface area contributed by atoms with Gasteiger partial charge in [0.2, 0.25) is 5.88 Å². The average Bonchev–Trinajstić information content (AvgIpc) is 2.35. The SMILES string of the molecule is CC(N)c1ccnc(Oc2cccc(Cl)c2Cl)c1. The lowest BCUT2D eigenvalue weighted by Crippen LogP contribution is -2.05. The maximum atomic E-state index is 6.04. The van der Waals surface area contributed by atoms with Gasteiger partial charge in [-0.05, 0) is 30.7 Å². The van der Waals surface area contributed by atoms with E-state index >= 15 is 0 Å². The van der Waals surface area contributed by atoms with Crippen molar-refractivity contribution in [1.82, 2.24) is 4.98 Å². The highest BCUT2D eigenvalue weighted by Gasteiger charge is 2.08. The molecule has 2 rings (SSSR count). The van der Waals surface area contributed by atoms with Gasteiger partial charge in [-0.1, -0.05) is 29.3 Å². The summed E-state index contributed by atoms with van der Waals surface area (Å²) in [5.74, 6) is 0.910. The highest BCUT2D eigenvalue weighted by Crippen LogP contribution is 2.34. The smallest absolute Gasteiger partial charge is 0.219 e. The molecule has 1 heterocycles. The van der Waals surface area contributed by atoms with Gasteiger partial charge in [0.05, 0.1) is 5.02 Å². The Morgan fingerprint density at radius 2 is 2.06 bits per heavy atom. The zero-order chi connectivity index (χ0) is 13.1. The van der Waals surface area contributed by atoms with Crippen LogP contribution in [0.2, 0.25) is 10.0 Å². The number of halogens is 2. The first-order valence-electron chi connectivity index (χ1n) is 5.41. The van der Waals surface area contributed by atoms with Gasteiger partial charge < -0.3 is 10.5 Å². The minimum absolute atomic E-state index is 0.0785. The topological polar surface area (TPSA) is 48.1 Å². The van der Waals surface area contributed by atoms with E-state index in [-0.39, 0.29) is 6.04 Å². The van der Waals surface area contributed by atoms with Gasteiger partial charge in [-0.15, -0.1) is 0 Å². The summed E-state index contributed by atoms with van der Waals surface area (Å²) in [7, 11) is 0. The molecule has 1 aromatic carbocycles. The van der Waals surface area contributed by atoms with Crippen LogP contribution in [0.3, 0.4) is 0 Å². The summed E-state index contributed by atoms with van der Waals surface area (Å²) in [5, 5.41) is 0.810. The Morgan fingerprint density at radius 1 is 1.28 bits per heavy atom. The van der Waals surface area contributed by atoms with E-state index in [1.807, 2.05) is 13.0 Å². The number of nitrogens with two attached hydrogens (primary N) is 1. The molecule has 1 aromatic heterocycles. The number of aromatic nitrogens is 1. The minimum atomic E-state index is -0.0785. The summed E-state index contributed by atoms with van der Waals surface area (Å²) in [5.41, 5.74) is 6.74. The summed E-state index contributed by atoms with van der Waals surface area (Å²) in [6.45, 7) is 1.89. The third-order valence-corrected chi connectivity index (χ3v) is 3.22. The zero-order valence-corrected chi connectivity index (χ0v) is 11.2. The Morgan fingerprint density at radius 3 is 2.78 bits per heavy atom. The Bertz CT molecular complexity index is 558. The van der Waals surface area contributed by atoms with Gasteiger partial charge in [-0.2, -0.15) is 0 Å². The predicted octanol–water partition coefficient (Wildman–Crippen LogP) is 4.20. The molecule has 18 heavy (non-hydrogen) atoms. The molecule has 0 saturated heterocycles. The lowest BCUT2D eigenvalue weighted by atomic mass is 10.1. The molecule has 3 nitrogen and oxygen atoms in total. The summed E-state index contributed by atoms with van der Waals surface area (Å²) >= 11 is 11.9. The Labute approximate surface area is 115 Å². The first kappa shape index (κ1) is 13.1. The lowest BCUT2D eigenvalue weighted by Gasteiger charge is -2.10. The highest BCUT2D eigenvalue weighted by atomic mass is 35.5. The van der Waals surface area contributed by atoms with E-state index in [0.29, 0.717) is 21.7 Å². The van der Waals surface area contributed by atoms with Crippen molar-refractivity contribution < 1.29 is 4.74 Å². The number of pyridine rings is 1. The van der Waals surface area contributed by atoms with Crippen LogP contribution in [-0.2, 0) is 0 Å². The predicted molar refractivity (Wildman–Crippen MR) is 73.4 cm³/mol. The summed E-state index contributed by atoms with van der Waals surface area (Å²) in [6.07, 6.45) is 1.65. The van der Waals surface area contributed by atoms with Gasteiger partial charge in [0, 0.05) is 18.3 Å². The lowest BCUT2D eigenvalue weighted by molar-refractivity contribution is 0.462. The summed E-state index contributed by atoms with van der Waals surface area (Å²) in [4.78, 5) is 4.11. The van der Waals surface area contributed by atoms with Crippen LogP contribution >= 0.6 is 23.2 Å². The van der Waals surface area contributed by atoms with Crippen molar-refractivity contribution in [3.05, 3.63) is 52.1 Å². The van der Waals surface area contributed by atoms with E-state index in [0.717, 1.165) is 5.56 Å². The van der Waals surface area contributed by atoms with Gasteiger partial charge in [0.1, 0.15) is 10.8 Å². The molecule has 1 atom stereocenters. The van der Waals surface area contributed by atoms with Crippen molar-refractivity contribution in [3.8, 4) is 11.6 Å². The number of benzene rings is 1. The second-order valence-corrected chi connectivity index (χ2v) is 4.66. The van der Waals surface area contributed by atoms with Gasteiger partial charge in [-0.3, -0.25) is 0 Å². The molecule has 0 bridgehead atoms. The molecule has 0 aliphatic rings. The van der Waals surface area contributed by atoms with Gasteiger partial charge in [-0.25, -0.2) is 4.98 Å². The van der Waals surface area contributed by atoms with Crippen LogP contribution in [0.1, 0.15) is 18.5 Å². The molecule has 0 radical (unpaired) electrons. The molecule has 0 aliphatic carbocycles. The Hall–Kier alpha value is -1.29. The molecule has 0 aliphatic heterocycles. The molecule has 2 aromatic rings. The van der Waals surface area contributed by atoms with Crippen LogP contribution in [0.4, 0.5) is 0 Å². The third kappa shape index (κ3) is 2.93. The fourth-order valence-corrected chi connectivity index (χ4v) is 1.77. The van der Waals surface area contributed by atoms with Crippen LogP contribution in [-0.4, -0.2) is 4.98 Å². The van der Waals surface area contributed by atoms with Crippen molar-refractivity contribution >= 4 is 23.2 Å². The van der Waals surface area contributed by atoms with E-state index in [1.54, 1.807) is 30.5 Å². The van der Waals surface area contributed by atoms with Crippen LogP contribution in [0, 0.1) is 0 Å². The first-order chi connectivity index (χ1) is 8.58. The van der Waals surface area contributed by atoms with Gasteiger partial charge in [0.15, 0.2) is 0 Å². The van der Waals surface area contributed by atoms with Gasteiger partial charge in [0.25, 0.3) is 0 Å². The highest BCUT2D eigenvalue weighted by molar-refractivity contribution is 6.42.